The minimum absolute atomic E-state index is 0.0505. The lowest BCUT2D eigenvalue weighted by molar-refractivity contribution is -0.121. The number of hydrogen-bond acceptors (Lipinski definition) is 5. The predicted octanol–water partition coefficient (Wildman–Crippen LogP) is 4.64. The first kappa shape index (κ1) is 25.9. The van der Waals surface area contributed by atoms with Gasteiger partial charge in [0.2, 0.25) is 5.91 Å². The van der Waals surface area contributed by atoms with Crippen LogP contribution < -0.4 is 15.5 Å². The largest absolute Gasteiger partial charge is 0.478 e. The fraction of sp³-hybridized carbons (Fsp3) is 0.111. The van der Waals surface area contributed by atoms with Crippen LogP contribution in [0.4, 0.5) is 11.4 Å². The lowest BCUT2D eigenvalue weighted by Crippen LogP contribution is -2.32. The Kier molecular flexibility index (Phi) is 7.61. The zero-order valence-corrected chi connectivity index (χ0v) is 21.1. The van der Waals surface area contributed by atoms with Gasteiger partial charge in [-0.1, -0.05) is 53.5 Å². The van der Waals surface area contributed by atoms with Crippen LogP contribution in [-0.2, 0) is 27.3 Å². The molecule has 3 aromatic rings. The molecule has 1 aliphatic heterocycles. The number of nitrogens with one attached hydrogen (secondary N) is 2. The second-order valence-corrected chi connectivity index (χ2v) is 9.08. The lowest BCUT2D eigenvalue weighted by Gasteiger charge is -2.18. The quantitative estimate of drug-likeness (QED) is 0.360. The van der Waals surface area contributed by atoms with E-state index in [0.29, 0.717) is 22.0 Å². The monoisotopic (exact) mass is 537 g/mol. The maximum atomic E-state index is 13.0. The van der Waals surface area contributed by atoms with E-state index in [1.54, 1.807) is 61.5 Å². The molecule has 1 heterocycles. The van der Waals surface area contributed by atoms with E-state index >= 15 is 0 Å². The molecule has 0 saturated carbocycles. The Hall–Kier alpha value is -4.14. The van der Waals surface area contributed by atoms with Gasteiger partial charge in [-0.25, -0.2) is 9.69 Å². The zero-order chi connectivity index (χ0) is 26.7. The molecular formula is C27H21Cl2N3O5. The van der Waals surface area contributed by atoms with Crippen LogP contribution in [-0.4, -0.2) is 28.8 Å². The van der Waals surface area contributed by atoms with Gasteiger partial charge >= 0.3 is 5.97 Å². The van der Waals surface area contributed by atoms with E-state index < -0.39 is 17.8 Å². The van der Waals surface area contributed by atoms with Crippen molar-refractivity contribution in [1.82, 2.24) is 5.32 Å². The number of carboxylic acids is 1. The minimum atomic E-state index is -1.01. The van der Waals surface area contributed by atoms with E-state index in [1.807, 2.05) is 0 Å². The number of anilines is 2. The second-order valence-electron chi connectivity index (χ2n) is 8.30. The van der Waals surface area contributed by atoms with E-state index in [0.717, 1.165) is 16.0 Å². The van der Waals surface area contributed by atoms with Crippen molar-refractivity contribution in [2.24, 2.45) is 0 Å². The van der Waals surface area contributed by atoms with Crippen LogP contribution in [0.15, 0.2) is 77.5 Å². The topological polar surface area (TPSA) is 116 Å². The lowest BCUT2D eigenvalue weighted by atomic mass is 10.1. The summed E-state index contributed by atoms with van der Waals surface area (Å²) in [6.07, 6.45) is 0.121. The minimum Gasteiger partial charge on any atom is -0.478 e. The fourth-order valence-electron chi connectivity index (χ4n) is 3.73. The summed E-state index contributed by atoms with van der Waals surface area (Å²) in [5.74, 6) is -2.46. The number of aromatic carboxylic acids is 1. The molecule has 4 rings (SSSR count). The van der Waals surface area contributed by atoms with E-state index in [-0.39, 0.29) is 35.2 Å². The van der Waals surface area contributed by atoms with Crippen LogP contribution in [0, 0.1) is 6.92 Å². The molecule has 0 fully saturated rings. The zero-order valence-electron chi connectivity index (χ0n) is 19.5. The smallest absolute Gasteiger partial charge is 0.335 e. The molecule has 10 heteroatoms. The van der Waals surface area contributed by atoms with Crippen LogP contribution >= 0.6 is 23.2 Å². The number of carboxylic acid groups (broad SMARTS) is 1. The molecule has 188 valence electrons. The third kappa shape index (κ3) is 5.66. The van der Waals surface area contributed by atoms with E-state index in [9.17, 15) is 19.2 Å². The molecular weight excluding hydrogens is 517 g/mol. The van der Waals surface area contributed by atoms with Gasteiger partial charge in [0.15, 0.2) is 0 Å². The van der Waals surface area contributed by atoms with Crippen LogP contribution in [0.25, 0.3) is 0 Å². The third-order valence-electron chi connectivity index (χ3n) is 5.79. The molecule has 8 nitrogen and oxygen atoms in total. The summed E-state index contributed by atoms with van der Waals surface area (Å²) in [5, 5.41) is 14.8. The average Bonchev–Trinajstić information content (AvgIpc) is 3.09. The highest BCUT2D eigenvalue weighted by atomic mass is 35.5. The molecule has 0 aromatic heterocycles. The Labute approximate surface area is 222 Å². The van der Waals surface area contributed by atoms with Crippen LogP contribution in [0.1, 0.15) is 27.0 Å². The van der Waals surface area contributed by atoms with Gasteiger partial charge in [-0.2, -0.15) is 0 Å². The van der Waals surface area contributed by atoms with Crippen LogP contribution in [0.3, 0.4) is 0 Å². The normalized spacial score (nSPS) is 13.2. The molecule has 0 bridgehead atoms. The number of nitrogens with zero attached hydrogens (tertiary/aromatic N) is 1. The molecule has 37 heavy (non-hydrogen) atoms. The number of benzene rings is 3. The highest BCUT2D eigenvalue weighted by Gasteiger charge is 2.39. The summed E-state index contributed by atoms with van der Waals surface area (Å²) in [6, 6.07) is 18.0. The average molecular weight is 538 g/mol. The van der Waals surface area contributed by atoms with E-state index in [1.165, 1.54) is 12.1 Å². The molecule has 0 unspecified atom stereocenters. The summed E-state index contributed by atoms with van der Waals surface area (Å²) < 4.78 is 0. The van der Waals surface area contributed by atoms with Crippen molar-refractivity contribution in [2.45, 2.75) is 19.9 Å². The Morgan fingerprint density at radius 1 is 0.892 bits per heavy atom. The second kappa shape index (κ2) is 10.9. The summed E-state index contributed by atoms with van der Waals surface area (Å²) >= 11 is 12.4. The van der Waals surface area contributed by atoms with Gasteiger partial charge in [-0.15, -0.1) is 0 Å². The number of amides is 3. The Balaban J connectivity index is 1.37. The first-order valence-electron chi connectivity index (χ1n) is 11.1. The maximum absolute atomic E-state index is 13.0. The van der Waals surface area contributed by atoms with Crippen molar-refractivity contribution < 1.29 is 24.3 Å². The van der Waals surface area contributed by atoms with Gasteiger partial charge in [0, 0.05) is 17.3 Å². The molecule has 0 aliphatic carbocycles. The summed E-state index contributed by atoms with van der Waals surface area (Å²) in [5.41, 5.74) is 3.09. The van der Waals surface area contributed by atoms with Crippen molar-refractivity contribution in [3.05, 3.63) is 105 Å². The predicted molar refractivity (Wildman–Crippen MR) is 141 cm³/mol. The number of carbonyl (C=O) groups excluding carboxylic acids is 3. The summed E-state index contributed by atoms with van der Waals surface area (Å²) in [6.45, 7) is 1.98. The Bertz CT molecular complexity index is 1430. The summed E-state index contributed by atoms with van der Waals surface area (Å²) in [4.78, 5) is 50.0. The maximum Gasteiger partial charge on any atom is 0.335 e. The molecule has 3 aromatic carbocycles. The molecule has 3 N–H and O–H groups in total. The van der Waals surface area contributed by atoms with E-state index in [4.69, 9.17) is 28.3 Å². The first-order valence-corrected chi connectivity index (χ1v) is 11.9. The highest BCUT2D eigenvalue weighted by Crippen LogP contribution is 2.34. The molecule has 0 saturated heterocycles. The molecule has 0 spiro atoms. The number of hydrogen-bond donors (Lipinski definition) is 3. The third-order valence-corrected chi connectivity index (χ3v) is 6.55. The van der Waals surface area contributed by atoms with Crippen molar-refractivity contribution in [3.63, 3.8) is 0 Å². The first-order chi connectivity index (χ1) is 17.7. The fourth-order valence-corrected chi connectivity index (χ4v) is 4.11. The number of halogens is 2. The summed E-state index contributed by atoms with van der Waals surface area (Å²) in [7, 11) is 0. The van der Waals surface area contributed by atoms with Crippen molar-refractivity contribution in [2.75, 3.05) is 10.2 Å². The number of carbonyl (C=O) groups is 4. The molecule has 3 amide bonds. The number of rotatable bonds is 8. The molecule has 0 radical (unpaired) electrons. The van der Waals surface area contributed by atoms with Gasteiger partial charge in [-0.05, 0) is 60.0 Å². The van der Waals surface area contributed by atoms with E-state index in [2.05, 4.69) is 10.6 Å². The van der Waals surface area contributed by atoms with Crippen LogP contribution in [0.2, 0.25) is 5.02 Å². The molecule has 0 atom stereocenters. The van der Waals surface area contributed by atoms with Gasteiger partial charge in [0.05, 0.1) is 17.7 Å². The van der Waals surface area contributed by atoms with Crippen molar-refractivity contribution >= 4 is 58.3 Å². The molecule has 1 aliphatic rings. The van der Waals surface area contributed by atoms with Crippen molar-refractivity contribution in [1.29, 1.82) is 0 Å². The van der Waals surface area contributed by atoms with Gasteiger partial charge < -0.3 is 15.7 Å². The Morgan fingerprint density at radius 2 is 1.54 bits per heavy atom. The van der Waals surface area contributed by atoms with Crippen molar-refractivity contribution in [3.8, 4) is 0 Å². The highest BCUT2D eigenvalue weighted by molar-refractivity contribution is 6.53. The van der Waals surface area contributed by atoms with Gasteiger partial charge in [0.1, 0.15) is 10.7 Å². The van der Waals surface area contributed by atoms with Crippen LogP contribution in [0.5, 0.6) is 0 Å². The SMILES string of the molecule is Cc1c(Cl)cccc1N1C(=O)C(Cl)=C(Nc2ccc(CC(=O)NCc3ccc(C(=O)O)cc3)cc2)C1=O. The van der Waals surface area contributed by atoms with Gasteiger partial charge in [0.25, 0.3) is 11.8 Å². The van der Waals surface area contributed by atoms with Gasteiger partial charge in [-0.3, -0.25) is 14.4 Å². The standard InChI is InChI=1S/C27H21Cl2N3O5/c1-15-20(28)3-2-4-21(15)32-25(34)23(29)24(26(32)35)31-19-11-7-16(8-12-19)13-22(33)30-14-17-5-9-18(10-6-17)27(36)37/h2-12,31H,13-14H2,1H3,(H,30,33)(H,36,37). The Morgan fingerprint density at radius 3 is 2.19 bits per heavy atom. The number of imide groups is 1.